The van der Waals surface area contributed by atoms with Gasteiger partial charge in [-0.05, 0) is 128 Å². The second-order valence-electron chi connectivity index (χ2n) is 16.3. The molecule has 0 spiro atoms. The SMILES string of the molecule is O=C1C=CC2=CC1=CNCCCNC=C1C=C(C=CC1=O)c1cccc3cccc(c13)C1=C/C(=C/NCCCN/C=C3/C=C(C=CC3=O)c3cccc4cccc2c34)C(=O)C=C1.[Mn].[Mn].[O-][Cl+3]([O-])([O-])[O-].[O-][Cl+3]([O-])([O-])[O-]. The van der Waals surface area contributed by atoms with Crippen LogP contribution in [0.1, 0.15) is 35.1 Å². The molecule has 4 aliphatic carbocycles. The first-order valence-corrected chi connectivity index (χ1v) is 24.7. The number of nitrogens with one attached hydrogen (secondary N) is 4. The zero-order chi connectivity index (χ0) is 51.4. The van der Waals surface area contributed by atoms with Crippen molar-refractivity contribution in [2.75, 3.05) is 26.2 Å². The van der Waals surface area contributed by atoms with Gasteiger partial charge in [0.2, 0.25) is 0 Å². The van der Waals surface area contributed by atoms with Gasteiger partial charge in [-0.3, -0.25) is 19.2 Å². The van der Waals surface area contributed by atoms with Crippen LogP contribution in [-0.4, -0.2) is 49.3 Å². The van der Waals surface area contributed by atoms with Crippen LogP contribution < -0.4 is 58.5 Å². The molecule has 0 aromatic heterocycles. The minimum atomic E-state index is -4.94. The number of carbonyl (C=O) groups is 4. The van der Waals surface area contributed by atoms with E-state index in [1.807, 2.05) is 72.9 Å². The minimum Gasteiger partial charge on any atom is -0.390 e. The maximum atomic E-state index is 13.1. The number of hydrogen-bond acceptors (Lipinski definition) is 16. The first-order chi connectivity index (χ1) is 34.4. The van der Waals surface area contributed by atoms with E-state index in [1.165, 1.54) is 0 Å². The van der Waals surface area contributed by atoms with Crippen molar-refractivity contribution in [3.63, 3.8) is 0 Å². The van der Waals surface area contributed by atoms with E-state index in [4.69, 9.17) is 37.3 Å². The number of ketones is 4. The van der Waals surface area contributed by atoms with Gasteiger partial charge in [0.15, 0.2) is 23.1 Å². The third kappa shape index (κ3) is 16.2. The molecule has 74 heavy (non-hydrogen) atoms. The Balaban J connectivity index is 0.000000773. The molecule has 0 saturated heterocycles. The van der Waals surface area contributed by atoms with E-state index in [0.29, 0.717) is 48.5 Å². The Morgan fingerprint density at radius 3 is 0.757 bits per heavy atom. The van der Waals surface area contributed by atoms with E-state index >= 15 is 0 Å². The molecule has 20 heteroatoms. The van der Waals surface area contributed by atoms with Crippen LogP contribution in [0.25, 0.3) is 43.8 Å². The van der Waals surface area contributed by atoms with Gasteiger partial charge < -0.3 is 21.3 Å². The number of rotatable bonds is 0. The fourth-order valence-electron chi connectivity index (χ4n) is 8.27. The average molecular weight is 1120 g/mol. The Labute approximate surface area is 450 Å². The summed E-state index contributed by atoms with van der Waals surface area (Å²) >= 11 is 0. The molecule has 1 aliphatic heterocycles. The van der Waals surface area contributed by atoms with Gasteiger partial charge in [0.1, 0.15) is 0 Å². The summed E-state index contributed by atoms with van der Waals surface area (Å²) in [6.07, 6.45) is 30.1. The predicted octanol–water partition coefficient (Wildman–Crippen LogP) is -1.05. The standard InChI is InChI=1S/C54H44N4O4.2ClHO4.2Mn/c59-49-19-15-37-27-41(49)31-55-23-5-24-57-33-43-29-39(17-21-51(43)61)47-13-3-9-36-10-4-14-48(54(36)47)40-18-22-52(62)44(30-40)34-58-26-6-25-56-32-42-28-38(16-20-50(42)60)46-12-2-8-35-7-1-11-45(37)53(35)46;2*2-1(3,4)5;;/h1-4,7-22,27-34,55-58H,5-6,23-26H2;2*(H,2,3,4,5);;/p-2/b41-31-,42-32?,43-33-,44-34?;;;;. The molecule has 0 atom stereocenters. The number of allylic oxidation sites excluding steroid dienone is 20. The summed E-state index contributed by atoms with van der Waals surface area (Å²) in [6.45, 7) is 2.44. The van der Waals surface area contributed by atoms with Crippen molar-refractivity contribution < 1.29 is 111 Å². The zero-order valence-corrected chi connectivity index (χ0v) is 42.7. The van der Waals surface area contributed by atoms with E-state index in [9.17, 15) is 19.2 Å². The van der Waals surface area contributed by atoms with Crippen LogP contribution in [0.4, 0.5) is 0 Å². The van der Waals surface area contributed by atoms with Crippen LogP contribution in [0.15, 0.2) is 193 Å². The molecule has 0 unspecified atom stereocenters. The molecule has 4 N–H and O–H groups in total. The number of benzene rings is 4. The van der Waals surface area contributed by atoms with E-state index in [-0.39, 0.29) is 57.3 Å². The Bertz CT molecular complexity index is 2810. The van der Waals surface area contributed by atoms with Crippen LogP contribution in [0, 0.1) is 20.5 Å². The Morgan fingerprint density at radius 2 is 0.541 bits per heavy atom. The largest absolute Gasteiger partial charge is 0.390 e. The van der Waals surface area contributed by atoms with E-state index in [2.05, 4.69) is 69.8 Å². The summed E-state index contributed by atoms with van der Waals surface area (Å²) in [4.78, 5) is 52.2. The fraction of sp³-hybridized carbons (Fsp3) is 0.111. The summed E-state index contributed by atoms with van der Waals surface area (Å²) < 4.78 is 67.9. The first kappa shape index (κ1) is 58.3. The van der Waals surface area contributed by atoms with Crippen molar-refractivity contribution in [3.8, 4) is 0 Å². The molecule has 1 heterocycles. The van der Waals surface area contributed by atoms with E-state index in [1.54, 1.807) is 49.1 Å². The summed E-state index contributed by atoms with van der Waals surface area (Å²) in [5, 5.41) is 17.4. The third-order valence-corrected chi connectivity index (χ3v) is 11.4. The van der Waals surface area contributed by atoms with Crippen molar-refractivity contribution in [1.82, 2.24) is 21.3 Å². The monoisotopic (exact) mass is 1120 g/mol. The van der Waals surface area contributed by atoms with Gasteiger partial charge in [0.05, 0.1) is 0 Å². The van der Waals surface area contributed by atoms with Gasteiger partial charge in [-0.25, -0.2) is 37.3 Å². The molecular weight excluding hydrogens is 1080 g/mol. The van der Waals surface area contributed by atoms with Gasteiger partial charge in [-0.15, -0.1) is 20.5 Å². The van der Waals surface area contributed by atoms with Crippen LogP contribution in [0.5, 0.6) is 0 Å². The smallest absolute Gasteiger partial charge is 0.187 e. The molecule has 4 aromatic rings. The van der Waals surface area contributed by atoms with Gasteiger partial charge in [-0.2, -0.15) is 0 Å². The number of hydrogen-bond donors (Lipinski definition) is 4. The van der Waals surface area contributed by atoms with Crippen molar-refractivity contribution in [2.45, 2.75) is 12.8 Å². The van der Waals surface area contributed by atoms with Crippen LogP contribution in [0.2, 0.25) is 0 Å². The average Bonchev–Trinajstić information content (AvgIpc) is 3.33. The molecular formula is C54H44Cl2Mn2N4O12-2. The molecule has 0 fully saturated rings. The van der Waals surface area contributed by atoms with Crippen molar-refractivity contribution in [3.05, 3.63) is 215 Å². The Hall–Kier alpha value is -6.54. The predicted molar refractivity (Wildman–Crippen MR) is 250 cm³/mol. The Kier molecular flexibility index (Phi) is 21.0. The number of halogens is 2. The quantitative estimate of drug-likeness (QED) is 0.153. The third-order valence-electron chi connectivity index (χ3n) is 11.4. The van der Waals surface area contributed by atoms with Crippen molar-refractivity contribution in [2.24, 2.45) is 0 Å². The van der Waals surface area contributed by atoms with E-state index in [0.717, 1.165) is 78.9 Å². The summed E-state index contributed by atoms with van der Waals surface area (Å²) in [5.74, 6) is -0.318. The van der Waals surface area contributed by atoms with Gasteiger partial charge in [0, 0.05) is 107 Å². The summed E-state index contributed by atoms with van der Waals surface area (Å²) in [5.41, 5.74) is 9.80. The number of carbonyl (C=O) groups excluding carboxylic acids is 4. The normalized spacial score (nSPS) is 18.5. The summed E-state index contributed by atoms with van der Waals surface area (Å²) in [6, 6.07) is 24.6. The fourth-order valence-corrected chi connectivity index (χ4v) is 8.27. The summed E-state index contributed by atoms with van der Waals surface area (Å²) in [7, 11) is -9.89. The number of fused-ring (bicyclic) bond motifs is 8. The molecule has 5 aliphatic rings. The topological polar surface area (TPSA) is 301 Å². The maximum absolute atomic E-state index is 13.1. The molecule has 8 bridgehead atoms. The van der Waals surface area contributed by atoms with Gasteiger partial charge in [0.25, 0.3) is 0 Å². The van der Waals surface area contributed by atoms with Crippen LogP contribution >= 0.6 is 0 Å². The molecule has 382 valence electrons. The molecule has 0 amide bonds. The molecule has 2 radical (unpaired) electrons. The first-order valence-electron chi connectivity index (χ1n) is 22.2. The van der Waals surface area contributed by atoms with Crippen molar-refractivity contribution >= 4 is 67.0 Å². The molecule has 9 rings (SSSR count). The second kappa shape index (κ2) is 26.6. The molecule has 0 saturated carbocycles. The van der Waals surface area contributed by atoms with Gasteiger partial charge >= 0.3 is 0 Å². The van der Waals surface area contributed by atoms with Crippen molar-refractivity contribution in [1.29, 1.82) is 0 Å². The maximum Gasteiger partial charge on any atom is 0.187 e. The molecule has 16 nitrogen and oxygen atoms in total. The second-order valence-corrected chi connectivity index (χ2v) is 17.8. The van der Waals surface area contributed by atoms with Crippen LogP contribution in [-0.2, 0) is 53.3 Å². The van der Waals surface area contributed by atoms with E-state index < -0.39 is 20.5 Å². The van der Waals surface area contributed by atoms with Crippen LogP contribution in [0.3, 0.4) is 0 Å². The Morgan fingerprint density at radius 1 is 0.324 bits per heavy atom. The zero-order valence-electron chi connectivity index (χ0n) is 38.8. The molecule has 4 aromatic carbocycles. The van der Waals surface area contributed by atoms with Gasteiger partial charge in [-0.1, -0.05) is 97.1 Å². The minimum absolute atomic E-state index is 0.